The number of allylic oxidation sites excluding steroid dienone is 2. The van der Waals surface area contributed by atoms with Gasteiger partial charge in [-0.25, -0.2) is 0 Å². The van der Waals surface area contributed by atoms with E-state index in [0.29, 0.717) is 0 Å². The monoisotopic (exact) mass is 372 g/mol. The van der Waals surface area contributed by atoms with Gasteiger partial charge in [-0.2, -0.15) is 13.2 Å². The minimum absolute atomic E-state index is 0.466. The Morgan fingerprint density at radius 3 is 2.20 bits per heavy atom. The van der Waals surface area contributed by atoms with Crippen LogP contribution in [0.15, 0.2) is 11.1 Å². The van der Waals surface area contributed by atoms with Crippen LogP contribution in [0.25, 0.3) is 0 Å². The molecule has 0 amide bonds. The summed E-state index contributed by atoms with van der Waals surface area (Å²) in [5, 5.41) is -1.26. The SMILES string of the molecule is CC1(C)C(/C=C(\Cl)C(F)(F)F)C1C(=O)OCC(Cl)(Cl)Cl. The van der Waals surface area contributed by atoms with E-state index < -0.39 is 44.8 Å². The highest BCUT2D eigenvalue weighted by Crippen LogP contribution is 2.60. The Kier molecular flexibility index (Phi) is 5.23. The van der Waals surface area contributed by atoms with Gasteiger partial charge in [0.1, 0.15) is 11.6 Å². The van der Waals surface area contributed by atoms with Crippen LogP contribution in [-0.2, 0) is 9.53 Å². The zero-order valence-corrected chi connectivity index (χ0v) is 13.4. The smallest absolute Gasteiger partial charge is 0.426 e. The molecule has 1 saturated carbocycles. The molecular formula is C11H11Cl4F3O2. The van der Waals surface area contributed by atoms with Gasteiger partial charge in [-0.05, 0) is 11.3 Å². The van der Waals surface area contributed by atoms with Gasteiger partial charge in [0.15, 0.2) is 0 Å². The van der Waals surface area contributed by atoms with E-state index in [1.807, 2.05) is 0 Å². The molecule has 9 heteroatoms. The topological polar surface area (TPSA) is 26.3 Å². The molecule has 1 fully saturated rings. The van der Waals surface area contributed by atoms with E-state index in [1.54, 1.807) is 13.8 Å². The van der Waals surface area contributed by atoms with Crippen LogP contribution in [0.2, 0.25) is 0 Å². The van der Waals surface area contributed by atoms with Gasteiger partial charge in [0.05, 0.1) is 5.92 Å². The van der Waals surface area contributed by atoms with Gasteiger partial charge in [0.2, 0.25) is 3.79 Å². The first-order valence-corrected chi connectivity index (χ1v) is 6.96. The van der Waals surface area contributed by atoms with Gasteiger partial charge < -0.3 is 4.74 Å². The molecule has 1 aliphatic rings. The minimum atomic E-state index is -4.63. The molecule has 0 radical (unpaired) electrons. The first-order chi connectivity index (χ1) is 8.77. The molecule has 0 spiro atoms. The molecule has 0 aromatic heterocycles. The predicted molar refractivity (Wildman–Crippen MR) is 72.0 cm³/mol. The summed E-state index contributed by atoms with van der Waals surface area (Å²) in [5.74, 6) is -2.13. The highest BCUT2D eigenvalue weighted by atomic mass is 35.6. The van der Waals surface area contributed by atoms with Crippen molar-refractivity contribution in [2.75, 3.05) is 6.61 Å². The molecule has 0 saturated heterocycles. The maximum Gasteiger partial charge on any atom is 0.426 e. The third-order valence-electron chi connectivity index (χ3n) is 3.14. The number of rotatable bonds is 3. The molecule has 116 valence electrons. The Balaban J connectivity index is 2.72. The zero-order valence-electron chi connectivity index (χ0n) is 10.4. The van der Waals surface area contributed by atoms with E-state index >= 15 is 0 Å². The summed E-state index contributed by atoms with van der Waals surface area (Å²) in [4.78, 5) is 11.8. The average Bonchev–Trinajstić information content (AvgIpc) is 2.74. The summed E-state index contributed by atoms with van der Waals surface area (Å²) in [6.07, 6.45) is -3.81. The summed E-state index contributed by atoms with van der Waals surface area (Å²) in [6, 6.07) is 0. The third-order valence-corrected chi connectivity index (χ3v) is 3.81. The van der Waals surface area contributed by atoms with Crippen molar-refractivity contribution >= 4 is 52.4 Å². The van der Waals surface area contributed by atoms with Crippen LogP contribution in [0.4, 0.5) is 13.2 Å². The number of halogens is 7. The van der Waals surface area contributed by atoms with Crippen LogP contribution < -0.4 is 0 Å². The van der Waals surface area contributed by atoms with Gasteiger partial charge in [0, 0.05) is 0 Å². The maximum absolute atomic E-state index is 12.4. The van der Waals surface area contributed by atoms with Crippen molar-refractivity contribution in [2.24, 2.45) is 17.3 Å². The fraction of sp³-hybridized carbons (Fsp3) is 0.727. The van der Waals surface area contributed by atoms with Crippen LogP contribution in [0.1, 0.15) is 13.8 Å². The molecule has 2 unspecified atom stereocenters. The van der Waals surface area contributed by atoms with Crippen LogP contribution in [0.3, 0.4) is 0 Å². The van der Waals surface area contributed by atoms with Gasteiger partial charge in [-0.3, -0.25) is 4.79 Å². The maximum atomic E-state index is 12.4. The van der Waals surface area contributed by atoms with Crippen molar-refractivity contribution < 1.29 is 22.7 Å². The Labute approximate surface area is 134 Å². The molecule has 20 heavy (non-hydrogen) atoms. The Bertz CT molecular complexity index is 426. The largest absolute Gasteiger partial charge is 0.461 e. The second-order valence-corrected chi connectivity index (χ2v) is 7.98. The van der Waals surface area contributed by atoms with Crippen LogP contribution in [-0.4, -0.2) is 22.5 Å². The summed E-state index contributed by atoms with van der Waals surface area (Å²) in [5.41, 5.74) is -0.684. The number of hydrogen-bond acceptors (Lipinski definition) is 2. The van der Waals surface area contributed by atoms with Crippen molar-refractivity contribution in [1.82, 2.24) is 0 Å². The minimum Gasteiger partial charge on any atom is -0.461 e. The Hall–Kier alpha value is 0.160. The molecule has 0 heterocycles. The van der Waals surface area contributed by atoms with E-state index in [2.05, 4.69) is 0 Å². The van der Waals surface area contributed by atoms with Gasteiger partial charge in [0.25, 0.3) is 0 Å². The van der Waals surface area contributed by atoms with Crippen molar-refractivity contribution in [3.05, 3.63) is 11.1 Å². The average molecular weight is 374 g/mol. The van der Waals surface area contributed by atoms with Gasteiger partial charge in [-0.15, -0.1) is 0 Å². The zero-order chi connectivity index (χ0) is 15.9. The second kappa shape index (κ2) is 5.75. The third kappa shape index (κ3) is 4.58. The second-order valence-electron chi connectivity index (χ2n) is 5.06. The fourth-order valence-corrected chi connectivity index (χ4v) is 2.23. The lowest BCUT2D eigenvalue weighted by Crippen LogP contribution is -2.19. The number of carbonyl (C=O) groups excluding carboxylic acids is 1. The molecule has 0 aromatic rings. The molecule has 2 atom stereocenters. The number of carbonyl (C=O) groups is 1. The first kappa shape index (κ1) is 18.2. The molecule has 0 bridgehead atoms. The Morgan fingerprint density at radius 1 is 1.30 bits per heavy atom. The number of ether oxygens (including phenoxy) is 1. The van der Waals surface area contributed by atoms with Crippen molar-refractivity contribution in [1.29, 1.82) is 0 Å². The quantitative estimate of drug-likeness (QED) is 0.521. The normalized spacial score (nSPS) is 26.4. The lowest BCUT2D eigenvalue weighted by atomic mass is 10.1. The van der Waals surface area contributed by atoms with Crippen molar-refractivity contribution in [2.45, 2.75) is 23.8 Å². The van der Waals surface area contributed by atoms with E-state index in [4.69, 9.17) is 51.1 Å². The van der Waals surface area contributed by atoms with Gasteiger partial charge in [-0.1, -0.05) is 66.3 Å². The summed E-state index contributed by atoms with van der Waals surface area (Å²) in [7, 11) is 0. The van der Waals surface area contributed by atoms with E-state index in [1.165, 1.54) is 0 Å². The predicted octanol–water partition coefficient (Wildman–Crippen LogP) is 4.86. The lowest BCUT2D eigenvalue weighted by molar-refractivity contribution is -0.146. The number of alkyl halides is 6. The van der Waals surface area contributed by atoms with Crippen LogP contribution in [0.5, 0.6) is 0 Å². The van der Waals surface area contributed by atoms with E-state index in [0.717, 1.165) is 6.08 Å². The molecule has 0 N–H and O–H groups in total. The lowest BCUT2D eigenvalue weighted by Gasteiger charge is -2.11. The number of esters is 1. The van der Waals surface area contributed by atoms with E-state index in [9.17, 15) is 18.0 Å². The highest BCUT2D eigenvalue weighted by molar-refractivity contribution is 6.67. The van der Waals surface area contributed by atoms with E-state index in [-0.39, 0.29) is 0 Å². The summed E-state index contributed by atoms with van der Waals surface area (Å²) >= 11 is 21.4. The molecular weight excluding hydrogens is 363 g/mol. The Morgan fingerprint density at radius 2 is 1.80 bits per heavy atom. The highest BCUT2D eigenvalue weighted by Gasteiger charge is 2.62. The summed E-state index contributed by atoms with van der Waals surface area (Å²) in [6.45, 7) is 2.80. The fourth-order valence-electron chi connectivity index (χ4n) is 1.93. The van der Waals surface area contributed by atoms with Crippen LogP contribution in [0, 0.1) is 17.3 Å². The van der Waals surface area contributed by atoms with Crippen LogP contribution >= 0.6 is 46.4 Å². The van der Waals surface area contributed by atoms with Gasteiger partial charge >= 0.3 is 12.1 Å². The number of hydrogen-bond donors (Lipinski definition) is 0. The molecule has 1 rings (SSSR count). The standard InChI is InChI=1S/C11H11Cl4F3O2/c1-9(2)5(3-6(12)11(16,17)18)7(9)8(19)20-4-10(13,14)15/h3,5,7H,4H2,1-2H3/b6-3-. The molecule has 0 aromatic carbocycles. The molecule has 0 aliphatic heterocycles. The van der Waals surface area contributed by atoms with Crippen molar-refractivity contribution in [3.63, 3.8) is 0 Å². The summed E-state index contributed by atoms with van der Waals surface area (Å²) < 4.78 is 40.1. The van der Waals surface area contributed by atoms with Crippen molar-refractivity contribution in [3.8, 4) is 0 Å². The molecule has 1 aliphatic carbocycles. The first-order valence-electron chi connectivity index (χ1n) is 5.44. The molecule has 2 nitrogen and oxygen atoms in total.